The molecule has 5 aromatic rings. The summed E-state index contributed by atoms with van der Waals surface area (Å²) in [5.41, 5.74) is 9.98. The normalized spacial score (nSPS) is 18.9. The second kappa shape index (κ2) is 9.80. The van der Waals surface area contributed by atoms with Crippen LogP contribution in [0.1, 0.15) is 55.7 Å². The number of hydrogen-bond donors (Lipinski definition) is 2. The largest absolute Gasteiger partial charge is 0.481 e. The molecule has 39 heavy (non-hydrogen) atoms. The third kappa shape index (κ3) is 4.62. The third-order valence-electron chi connectivity index (χ3n) is 8.55. The number of carboxylic acids is 1. The Morgan fingerprint density at radius 1 is 0.949 bits per heavy atom. The van der Waals surface area contributed by atoms with Gasteiger partial charge in [0.25, 0.3) is 0 Å². The first-order chi connectivity index (χ1) is 19.1. The van der Waals surface area contributed by atoms with Crippen LogP contribution in [0.5, 0.6) is 0 Å². The SMILES string of the molecule is O=C(O)CC1CCC(c2ccc(-c3ccc(-c4nc5ccc(-c6cnn7c6CCC7)cc5[nH]4)cn3)cc2)CC1. The first-order valence-electron chi connectivity index (χ1n) is 13.9. The van der Waals surface area contributed by atoms with Crippen molar-refractivity contribution in [2.45, 2.75) is 57.4 Å². The van der Waals surface area contributed by atoms with Crippen LogP contribution in [-0.4, -0.2) is 35.8 Å². The van der Waals surface area contributed by atoms with Crippen LogP contribution in [0.3, 0.4) is 0 Å². The number of carbonyl (C=O) groups is 1. The number of imidazole rings is 1. The van der Waals surface area contributed by atoms with Gasteiger partial charge in [0.2, 0.25) is 0 Å². The minimum Gasteiger partial charge on any atom is -0.481 e. The lowest BCUT2D eigenvalue weighted by molar-refractivity contribution is -0.138. The molecule has 0 radical (unpaired) electrons. The minimum absolute atomic E-state index is 0.301. The van der Waals surface area contributed by atoms with E-state index >= 15 is 0 Å². The number of aromatic amines is 1. The summed E-state index contributed by atoms with van der Waals surface area (Å²) in [6, 6.07) is 19.2. The van der Waals surface area contributed by atoms with Crippen LogP contribution < -0.4 is 0 Å². The van der Waals surface area contributed by atoms with Gasteiger partial charge < -0.3 is 10.1 Å². The van der Waals surface area contributed by atoms with E-state index < -0.39 is 5.97 Å². The van der Waals surface area contributed by atoms with E-state index in [1.807, 2.05) is 12.4 Å². The fourth-order valence-corrected chi connectivity index (χ4v) is 6.40. The Hall–Kier alpha value is -4.26. The number of aromatic nitrogens is 5. The Bertz CT molecular complexity index is 1640. The number of hydrogen-bond acceptors (Lipinski definition) is 4. The standard InChI is InChI=1S/C32H31N5O2/c38-31(39)16-20-3-5-21(6-4-20)22-7-9-23(10-8-22)27-13-12-25(18-33-27)32-35-28-14-11-24(17-29(28)36-32)26-19-34-37-15-1-2-30(26)37/h7-14,17-21H,1-6,15-16H2,(H,35,36)(H,38,39). The van der Waals surface area contributed by atoms with E-state index in [-0.39, 0.29) is 0 Å². The molecule has 1 saturated carbocycles. The number of aryl methyl sites for hydroxylation is 1. The Morgan fingerprint density at radius 2 is 1.74 bits per heavy atom. The summed E-state index contributed by atoms with van der Waals surface area (Å²) in [5.74, 6) is 0.981. The second-order valence-corrected chi connectivity index (χ2v) is 11.0. The summed E-state index contributed by atoms with van der Waals surface area (Å²) >= 11 is 0. The van der Waals surface area contributed by atoms with E-state index in [9.17, 15) is 4.79 Å². The summed E-state index contributed by atoms with van der Waals surface area (Å²) < 4.78 is 2.12. The van der Waals surface area contributed by atoms with Crippen LogP contribution >= 0.6 is 0 Å². The van der Waals surface area contributed by atoms with E-state index in [0.29, 0.717) is 18.3 Å². The highest BCUT2D eigenvalue weighted by atomic mass is 16.4. The van der Waals surface area contributed by atoms with Crippen LogP contribution in [0.15, 0.2) is 67.0 Å². The number of carboxylic acid groups (broad SMARTS) is 1. The van der Waals surface area contributed by atoms with Gasteiger partial charge in [-0.1, -0.05) is 30.3 Å². The molecule has 7 rings (SSSR count). The van der Waals surface area contributed by atoms with Crippen LogP contribution in [0, 0.1) is 5.92 Å². The van der Waals surface area contributed by atoms with E-state index in [2.05, 4.69) is 69.4 Å². The lowest BCUT2D eigenvalue weighted by atomic mass is 9.77. The Kier molecular flexibility index (Phi) is 5.99. The van der Waals surface area contributed by atoms with Gasteiger partial charge in [0, 0.05) is 41.5 Å². The van der Waals surface area contributed by atoms with Gasteiger partial charge in [-0.2, -0.15) is 5.10 Å². The molecular weight excluding hydrogens is 486 g/mol. The maximum absolute atomic E-state index is 11.0. The number of H-pyrrole nitrogens is 1. The van der Waals surface area contributed by atoms with E-state index in [1.165, 1.54) is 22.4 Å². The van der Waals surface area contributed by atoms with Gasteiger partial charge >= 0.3 is 5.97 Å². The van der Waals surface area contributed by atoms with Gasteiger partial charge in [-0.15, -0.1) is 0 Å². The van der Waals surface area contributed by atoms with Crippen molar-refractivity contribution in [1.29, 1.82) is 0 Å². The number of nitrogens with zero attached hydrogens (tertiary/aromatic N) is 4. The maximum Gasteiger partial charge on any atom is 0.303 e. The molecule has 2 aromatic carbocycles. The van der Waals surface area contributed by atoms with Crippen molar-refractivity contribution in [3.63, 3.8) is 0 Å². The van der Waals surface area contributed by atoms with Gasteiger partial charge in [0.05, 0.1) is 22.9 Å². The van der Waals surface area contributed by atoms with Crippen molar-refractivity contribution >= 4 is 17.0 Å². The second-order valence-electron chi connectivity index (χ2n) is 11.0. The van der Waals surface area contributed by atoms with E-state index in [4.69, 9.17) is 15.1 Å². The maximum atomic E-state index is 11.0. The van der Waals surface area contributed by atoms with Crippen molar-refractivity contribution in [3.05, 3.63) is 78.2 Å². The van der Waals surface area contributed by atoms with E-state index in [0.717, 1.165) is 78.7 Å². The highest BCUT2D eigenvalue weighted by Crippen LogP contribution is 2.38. The molecule has 3 aromatic heterocycles. The Labute approximate surface area is 226 Å². The summed E-state index contributed by atoms with van der Waals surface area (Å²) in [6.45, 7) is 1.01. The molecule has 196 valence electrons. The smallest absolute Gasteiger partial charge is 0.303 e. The molecule has 0 unspecified atom stereocenters. The van der Waals surface area contributed by atoms with Gasteiger partial charge in [-0.25, -0.2) is 4.98 Å². The molecule has 0 atom stereocenters. The van der Waals surface area contributed by atoms with Gasteiger partial charge in [0.15, 0.2) is 0 Å². The van der Waals surface area contributed by atoms with Crippen molar-refractivity contribution in [2.75, 3.05) is 0 Å². The van der Waals surface area contributed by atoms with E-state index in [1.54, 1.807) is 0 Å². The predicted octanol–water partition coefficient (Wildman–Crippen LogP) is 6.85. The summed E-state index contributed by atoms with van der Waals surface area (Å²) in [6.07, 6.45) is 10.5. The van der Waals surface area contributed by atoms with Gasteiger partial charge in [0.1, 0.15) is 5.82 Å². The molecule has 7 nitrogen and oxygen atoms in total. The number of aliphatic carboxylic acids is 1. The molecule has 0 amide bonds. The monoisotopic (exact) mass is 517 g/mol. The number of nitrogens with one attached hydrogen (secondary N) is 1. The molecule has 2 N–H and O–H groups in total. The summed E-state index contributed by atoms with van der Waals surface area (Å²) in [5, 5.41) is 13.6. The number of pyridine rings is 1. The number of rotatable bonds is 6. The molecule has 2 aliphatic rings. The molecule has 7 heteroatoms. The molecule has 1 aliphatic heterocycles. The molecule has 0 spiro atoms. The fraction of sp³-hybridized carbons (Fsp3) is 0.312. The van der Waals surface area contributed by atoms with Crippen molar-refractivity contribution < 1.29 is 9.90 Å². The average molecular weight is 518 g/mol. The first-order valence-corrected chi connectivity index (χ1v) is 13.9. The molecule has 0 saturated heterocycles. The summed E-state index contributed by atoms with van der Waals surface area (Å²) in [4.78, 5) is 24.1. The van der Waals surface area contributed by atoms with Crippen LogP contribution in [0.2, 0.25) is 0 Å². The zero-order valence-electron chi connectivity index (χ0n) is 21.8. The zero-order valence-corrected chi connectivity index (χ0v) is 21.8. The van der Waals surface area contributed by atoms with Crippen molar-refractivity contribution in [2.24, 2.45) is 5.92 Å². The topological polar surface area (TPSA) is 96.7 Å². The third-order valence-corrected chi connectivity index (χ3v) is 8.55. The lowest BCUT2D eigenvalue weighted by Crippen LogP contribution is -2.16. The Balaban J connectivity index is 1.06. The lowest BCUT2D eigenvalue weighted by Gasteiger charge is -2.28. The summed E-state index contributed by atoms with van der Waals surface area (Å²) in [7, 11) is 0. The first kappa shape index (κ1) is 23.8. The van der Waals surface area contributed by atoms with Crippen molar-refractivity contribution in [1.82, 2.24) is 24.7 Å². The number of fused-ring (bicyclic) bond motifs is 2. The predicted molar refractivity (Wildman–Crippen MR) is 151 cm³/mol. The highest BCUT2D eigenvalue weighted by Gasteiger charge is 2.24. The van der Waals surface area contributed by atoms with Crippen LogP contribution in [0.25, 0.3) is 44.8 Å². The van der Waals surface area contributed by atoms with Crippen LogP contribution in [0.4, 0.5) is 0 Å². The Morgan fingerprint density at radius 3 is 2.51 bits per heavy atom. The minimum atomic E-state index is -0.677. The molecule has 1 aliphatic carbocycles. The number of benzene rings is 2. The molecule has 0 bridgehead atoms. The van der Waals surface area contributed by atoms with Gasteiger partial charge in [-0.05, 0) is 85.8 Å². The highest BCUT2D eigenvalue weighted by molar-refractivity contribution is 5.85. The molecule has 4 heterocycles. The molecule has 1 fully saturated rings. The van der Waals surface area contributed by atoms with Gasteiger partial charge in [-0.3, -0.25) is 14.5 Å². The van der Waals surface area contributed by atoms with Crippen molar-refractivity contribution in [3.8, 4) is 33.8 Å². The fourth-order valence-electron chi connectivity index (χ4n) is 6.40. The zero-order chi connectivity index (χ0) is 26.3. The average Bonchev–Trinajstić information content (AvgIpc) is 3.69. The molecular formula is C32H31N5O2. The van der Waals surface area contributed by atoms with Crippen LogP contribution in [-0.2, 0) is 17.8 Å². The quantitative estimate of drug-likeness (QED) is 0.257.